The van der Waals surface area contributed by atoms with Crippen molar-refractivity contribution in [1.29, 1.82) is 0 Å². The maximum Gasteiger partial charge on any atom is 0.323 e. The van der Waals surface area contributed by atoms with Crippen molar-refractivity contribution in [2.24, 2.45) is 0 Å². The molecule has 10 heteroatoms. The Labute approximate surface area is 672 Å². The number of carbonyl (C=O) groups is 5. The van der Waals surface area contributed by atoms with Gasteiger partial charge in [-0.1, -0.05) is 339 Å². The first-order valence-corrected chi connectivity index (χ1v) is 40.8. The Kier molecular flexibility index (Phi) is 25.3. The van der Waals surface area contributed by atoms with E-state index in [1.165, 1.54) is 40.5 Å². The lowest BCUT2D eigenvalue weighted by molar-refractivity contribution is -0.140. The molecule has 598 valence electrons. The van der Waals surface area contributed by atoms with Gasteiger partial charge in [-0.05, 0) is 155 Å². The van der Waals surface area contributed by atoms with Gasteiger partial charge in [-0.25, -0.2) is 0 Å². The minimum Gasteiger partial charge on any atom is -0.469 e. The van der Waals surface area contributed by atoms with Gasteiger partial charge in [0.1, 0.15) is 46.7 Å². The summed E-state index contributed by atoms with van der Waals surface area (Å²) in [6.07, 6.45) is 2.90. The van der Waals surface area contributed by atoms with Crippen LogP contribution < -0.4 is 18.9 Å². The molecule has 0 bridgehead atoms. The largest absolute Gasteiger partial charge is 0.469 e. The fraction of sp³-hybridized carbons (Fsp3) is 0.480. The second-order valence-electron chi connectivity index (χ2n) is 40.0. The Morgan fingerprint density at radius 2 is 0.688 bits per heavy atom. The van der Waals surface area contributed by atoms with Crippen LogP contribution in [-0.2, 0) is 78.5 Å². The molecule has 0 saturated heterocycles. The molecule has 0 amide bonds. The Bertz CT molecular complexity index is 4820. The van der Waals surface area contributed by atoms with Crippen molar-refractivity contribution in [1.82, 2.24) is 0 Å². The molecule has 0 saturated carbocycles. The van der Waals surface area contributed by atoms with Crippen LogP contribution in [0.3, 0.4) is 0 Å². The van der Waals surface area contributed by atoms with E-state index in [9.17, 15) is 24.0 Å². The third-order valence-electron chi connectivity index (χ3n) is 23.5. The van der Waals surface area contributed by atoms with E-state index >= 15 is 0 Å². The first-order chi connectivity index (χ1) is 51.7. The Morgan fingerprint density at radius 3 is 1.04 bits per heavy atom. The summed E-state index contributed by atoms with van der Waals surface area (Å²) in [5.41, 5.74) is 22.8. The number of ether oxygens (including phenoxy) is 5. The van der Waals surface area contributed by atoms with Gasteiger partial charge in [-0.2, -0.15) is 0 Å². The summed E-state index contributed by atoms with van der Waals surface area (Å²) in [7, 11) is 1.40. The van der Waals surface area contributed by atoms with Gasteiger partial charge in [0, 0.05) is 50.9 Å². The molecule has 12 rings (SSSR count). The number of fused-ring (bicyclic) bond motifs is 4. The third-order valence-corrected chi connectivity index (χ3v) is 23.5. The highest BCUT2D eigenvalue weighted by Crippen LogP contribution is 2.53. The molecule has 4 aliphatic rings. The molecular formula is C102H130O10. The Hall–Kier alpha value is -8.89. The lowest BCUT2D eigenvalue weighted by Gasteiger charge is -2.30. The number of carbonyl (C=O) groups excluding carboxylic acids is 5. The molecule has 10 nitrogen and oxygen atoms in total. The zero-order chi connectivity index (χ0) is 83.4. The Morgan fingerprint density at radius 1 is 0.357 bits per heavy atom. The van der Waals surface area contributed by atoms with Crippen LogP contribution in [0.25, 0.3) is 0 Å². The zero-order valence-electron chi connectivity index (χ0n) is 73.7. The fourth-order valence-electron chi connectivity index (χ4n) is 15.1. The van der Waals surface area contributed by atoms with Gasteiger partial charge < -0.3 is 23.7 Å². The SMILES string of the molecule is CC(C)(C)c1ccc(C2C(=O)Oc3c2cc(C(C)(C)C)cc3C(C)(C)C)cc1.CC(C)c1ccc(C2C(=O)Oc3c2cc(C(C)(C)C)cc3C(C)(C)C)cc1.CCC(C)(C)c1cc2c(c(C(C)(C)CC)c1)OC(=O)C2c1ccc(C(C)C)cc1.COC(=O)CCc1cc2c(c(C(C)(C)C)c1)OC(=O)C2c1cc(C)ccc1C. The molecule has 4 atom stereocenters. The zero-order valence-corrected chi connectivity index (χ0v) is 73.7. The number of benzene rings is 8. The van der Waals surface area contributed by atoms with E-state index in [4.69, 9.17) is 23.7 Å². The van der Waals surface area contributed by atoms with Crippen LogP contribution >= 0.6 is 0 Å². The van der Waals surface area contributed by atoms with E-state index < -0.39 is 5.92 Å². The van der Waals surface area contributed by atoms with Crippen molar-refractivity contribution in [3.63, 3.8) is 0 Å². The average molecular weight is 1520 g/mol. The summed E-state index contributed by atoms with van der Waals surface area (Å²) >= 11 is 0. The van der Waals surface area contributed by atoms with Crippen LogP contribution in [-0.4, -0.2) is 37.0 Å². The van der Waals surface area contributed by atoms with Gasteiger partial charge in [0.2, 0.25) is 0 Å². The lowest BCUT2D eigenvalue weighted by atomic mass is 9.74. The maximum absolute atomic E-state index is 13.0. The molecule has 8 aromatic carbocycles. The van der Waals surface area contributed by atoms with Crippen LogP contribution in [0.15, 0.2) is 140 Å². The Balaban J connectivity index is 0.000000171. The number of aryl methyl sites for hydroxylation is 3. The summed E-state index contributed by atoms with van der Waals surface area (Å²) in [6, 6.07) is 48.9. The highest BCUT2D eigenvalue weighted by atomic mass is 16.6. The number of methoxy groups -OCH3 is 1. The van der Waals surface area contributed by atoms with Crippen molar-refractivity contribution < 1.29 is 47.7 Å². The molecule has 4 aliphatic heterocycles. The second kappa shape index (κ2) is 32.5. The minimum atomic E-state index is -0.436. The summed E-state index contributed by atoms with van der Waals surface area (Å²) in [5.74, 6) is 1.48. The predicted octanol–water partition coefficient (Wildman–Crippen LogP) is 25.1. The topological polar surface area (TPSA) is 132 Å². The molecule has 0 aliphatic carbocycles. The molecule has 4 heterocycles. The van der Waals surface area contributed by atoms with Crippen molar-refractivity contribution in [3.05, 3.63) is 256 Å². The van der Waals surface area contributed by atoms with Gasteiger partial charge in [-0.15, -0.1) is 0 Å². The summed E-state index contributed by atoms with van der Waals surface area (Å²) < 4.78 is 28.2. The highest BCUT2D eigenvalue weighted by Gasteiger charge is 2.45. The number of esters is 5. The van der Waals surface area contributed by atoms with Crippen molar-refractivity contribution in [2.45, 2.75) is 312 Å². The van der Waals surface area contributed by atoms with Crippen LogP contribution in [0.5, 0.6) is 23.0 Å². The molecular weight excluding hydrogens is 1390 g/mol. The number of hydrogen-bond donors (Lipinski definition) is 0. The van der Waals surface area contributed by atoms with E-state index in [0.29, 0.717) is 30.4 Å². The normalized spacial score (nSPS) is 16.9. The first-order valence-electron chi connectivity index (χ1n) is 40.8. The van der Waals surface area contributed by atoms with Gasteiger partial charge in [0.25, 0.3) is 0 Å². The maximum atomic E-state index is 13.0. The summed E-state index contributed by atoms with van der Waals surface area (Å²) in [4.78, 5) is 63.3. The number of rotatable bonds is 13. The van der Waals surface area contributed by atoms with Crippen LogP contribution in [0, 0.1) is 13.8 Å². The summed E-state index contributed by atoms with van der Waals surface area (Å²) in [6.45, 7) is 65.5. The van der Waals surface area contributed by atoms with Crippen LogP contribution in [0.2, 0.25) is 0 Å². The van der Waals surface area contributed by atoms with E-state index in [2.05, 4.69) is 315 Å². The van der Waals surface area contributed by atoms with E-state index in [-0.39, 0.29) is 90.9 Å². The first kappa shape index (κ1) is 87.1. The molecule has 0 spiro atoms. The van der Waals surface area contributed by atoms with Crippen LogP contribution in [0.1, 0.15) is 365 Å². The smallest absolute Gasteiger partial charge is 0.323 e. The van der Waals surface area contributed by atoms with E-state index in [1.54, 1.807) is 0 Å². The third kappa shape index (κ3) is 19.0. The second-order valence-corrected chi connectivity index (χ2v) is 40.0. The van der Waals surface area contributed by atoms with Gasteiger partial charge in [0.05, 0.1) is 7.11 Å². The fourth-order valence-corrected chi connectivity index (χ4v) is 15.1. The lowest BCUT2D eigenvalue weighted by Crippen LogP contribution is -2.21. The van der Waals surface area contributed by atoms with Crippen LogP contribution in [0.4, 0.5) is 0 Å². The van der Waals surface area contributed by atoms with E-state index in [1.807, 2.05) is 32.0 Å². The van der Waals surface area contributed by atoms with Crippen molar-refractivity contribution >= 4 is 29.8 Å². The van der Waals surface area contributed by atoms with Crippen molar-refractivity contribution in [2.75, 3.05) is 7.11 Å². The van der Waals surface area contributed by atoms with Gasteiger partial charge >= 0.3 is 29.8 Å². The quantitative estimate of drug-likeness (QED) is 0.0812. The van der Waals surface area contributed by atoms with Gasteiger partial charge in [-0.3, -0.25) is 24.0 Å². The number of hydrogen-bond acceptors (Lipinski definition) is 10. The summed E-state index contributed by atoms with van der Waals surface area (Å²) in [5, 5.41) is 0. The molecule has 112 heavy (non-hydrogen) atoms. The minimum absolute atomic E-state index is 0.00130. The molecule has 0 fully saturated rings. The molecule has 0 N–H and O–H groups in total. The van der Waals surface area contributed by atoms with Crippen molar-refractivity contribution in [3.8, 4) is 23.0 Å². The molecule has 0 aromatic heterocycles. The molecule has 8 aromatic rings. The molecule has 0 radical (unpaired) electrons. The van der Waals surface area contributed by atoms with Gasteiger partial charge in [0.15, 0.2) is 0 Å². The van der Waals surface area contributed by atoms with E-state index in [0.717, 1.165) is 114 Å². The monoisotopic (exact) mass is 1510 g/mol. The standard InChI is InChI=1S/C27H36O2.C26H34O2.C25H32O2.C24H28O4/c1-9-26(5,6)20-15-21-23(19-13-11-18(12-14-19)17(3)4)25(28)29-24(21)22(16-20)27(7,8)10-2;1-24(2,3)17-12-10-16(11-13-17)21-19-14-18(25(4,5)6)15-20(26(7,8)9)22(19)28-23(21)27;1-15(2)16-9-11-17(12-10-16)21-19-13-18(24(3,4)5)14-20(25(6,7)8)22(19)27-23(21)26;1-14-7-8-15(2)17(11-14)21-18-12-16(9-10-20(25)27-6)13-19(24(3,4)5)22(18)28-23(21)26/h11-17,23H,9-10H2,1-8H3;10-15,21H,1-9H3;9-15,21H,1-8H3;7-8,11-13,21H,9-10H2,1-6H3. The average Bonchev–Trinajstić information content (AvgIpc) is 1.56. The predicted molar refractivity (Wildman–Crippen MR) is 458 cm³/mol. The highest BCUT2D eigenvalue weighted by molar-refractivity contribution is 5.93. The molecule has 4 unspecified atom stereocenters.